The Bertz CT molecular complexity index is 180. The molecule has 1 rings (SSSR count). The minimum absolute atomic E-state index is 0.206. The first-order valence-corrected chi connectivity index (χ1v) is 3.46. The van der Waals surface area contributed by atoms with Crippen LogP contribution in [0.25, 0.3) is 0 Å². The number of rotatable bonds is 5. The molecule has 0 aliphatic carbocycles. The van der Waals surface area contributed by atoms with Crippen molar-refractivity contribution in [2.24, 2.45) is 0 Å². The molecule has 0 radical (unpaired) electrons. The fourth-order valence-corrected chi connectivity index (χ4v) is 0.545. The number of alkyl halides is 5. The van der Waals surface area contributed by atoms with Crippen LogP contribution >= 0.6 is 0 Å². The summed E-state index contributed by atoms with van der Waals surface area (Å²) in [7, 11) is 0. The fourth-order valence-electron chi connectivity index (χ4n) is 0.545. The van der Waals surface area contributed by atoms with Crippen LogP contribution in [0.2, 0.25) is 0 Å². The largest absolute Gasteiger partial charge is 0.422 e. The molecule has 1 atom stereocenters. The summed E-state index contributed by atoms with van der Waals surface area (Å²) in [4.78, 5) is 0. The quantitative estimate of drug-likeness (QED) is 0.503. The number of hydrogen-bond acceptors (Lipinski definition) is 2. The van der Waals surface area contributed by atoms with Crippen molar-refractivity contribution >= 4 is 0 Å². The van der Waals surface area contributed by atoms with Gasteiger partial charge in [-0.05, 0) is 0 Å². The van der Waals surface area contributed by atoms with Crippen LogP contribution in [-0.4, -0.2) is 38.0 Å². The third-order valence-corrected chi connectivity index (χ3v) is 1.45. The van der Waals surface area contributed by atoms with Crippen LogP contribution in [0.15, 0.2) is 0 Å². The maximum absolute atomic E-state index is 12.3. The lowest BCUT2D eigenvalue weighted by molar-refractivity contribution is -0.350. The van der Waals surface area contributed by atoms with E-state index < -0.39 is 31.4 Å². The van der Waals surface area contributed by atoms with Gasteiger partial charge in [-0.3, -0.25) is 0 Å². The van der Waals surface area contributed by atoms with Crippen molar-refractivity contribution in [2.75, 3.05) is 19.9 Å². The fraction of sp³-hybridized carbons (Fsp3) is 1.00. The van der Waals surface area contributed by atoms with Gasteiger partial charge in [0.1, 0.15) is 6.10 Å². The molecule has 1 fully saturated rings. The average molecular weight is 206 g/mol. The number of ether oxygens (including phenoxy) is 2. The Hall–Kier alpha value is -0.430. The molecule has 13 heavy (non-hydrogen) atoms. The van der Waals surface area contributed by atoms with Gasteiger partial charge in [-0.25, -0.2) is 4.39 Å². The maximum Gasteiger partial charge on any atom is 0.422 e. The van der Waals surface area contributed by atoms with Crippen molar-refractivity contribution in [1.29, 1.82) is 0 Å². The second-order valence-corrected chi connectivity index (χ2v) is 2.62. The van der Waals surface area contributed by atoms with E-state index >= 15 is 0 Å². The Morgan fingerprint density at radius 3 is 2.23 bits per heavy atom. The molecule has 1 aliphatic heterocycles. The zero-order valence-corrected chi connectivity index (χ0v) is 6.40. The molecule has 1 aliphatic rings. The van der Waals surface area contributed by atoms with Crippen LogP contribution in [0.3, 0.4) is 0 Å². The minimum Gasteiger partial charge on any atom is -0.371 e. The Labute approximate surface area is 70.6 Å². The highest BCUT2D eigenvalue weighted by molar-refractivity contribution is 4.78. The smallest absolute Gasteiger partial charge is 0.371 e. The molecular formula is C6H7F5O2. The molecule has 0 amide bonds. The van der Waals surface area contributed by atoms with Gasteiger partial charge in [0.15, 0.2) is 6.67 Å². The van der Waals surface area contributed by atoms with Gasteiger partial charge in [0.2, 0.25) is 0 Å². The second kappa shape index (κ2) is 3.38. The van der Waals surface area contributed by atoms with E-state index in [9.17, 15) is 22.0 Å². The lowest BCUT2D eigenvalue weighted by atomic mass is 10.3. The van der Waals surface area contributed by atoms with E-state index in [1.165, 1.54) is 0 Å². The maximum atomic E-state index is 12.3. The van der Waals surface area contributed by atoms with Gasteiger partial charge >= 0.3 is 12.0 Å². The van der Waals surface area contributed by atoms with E-state index in [0.29, 0.717) is 0 Å². The summed E-state index contributed by atoms with van der Waals surface area (Å²) >= 11 is 0. The van der Waals surface area contributed by atoms with Gasteiger partial charge in [0.25, 0.3) is 0 Å². The summed E-state index contributed by atoms with van der Waals surface area (Å²) in [5.41, 5.74) is 0. The van der Waals surface area contributed by atoms with Crippen LogP contribution in [-0.2, 0) is 9.47 Å². The Kier molecular flexibility index (Phi) is 2.76. The Balaban J connectivity index is 2.41. The molecule has 1 heterocycles. The van der Waals surface area contributed by atoms with Gasteiger partial charge in [-0.2, -0.15) is 17.6 Å². The standard InChI is InChI=1S/C6H7F5O2/c7-3-5(8,9)6(10,11)13-2-4-1-12-4/h4H,1-3H2. The summed E-state index contributed by atoms with van der Waals surface area (Å²) in [5.74, 6) is -4.78. The minimum atomic E-state index is -4.78. The normalized spacial score (nSPS) is 23.3. The highest BCUT2D eigenvalue weighted by Crippen LogP contribution is 2.36. The van der Waals surface area contributed by atoms with E-state index in [-0.39, 0.29) is 6.61 Å². The number of hydrogen-bond donors (Lipinski definition) is 0. The van der Waals surface area contributed by atoms with Crippen LogP contribution in [0, 0.1) is 0 Å². The van der Waals surface area contributed by atoms with Gasteiger partial charge in [0, 0.05) is 0 Å². The van der Waals surface area contributed by atoms with Crippen molar-refractivity contribution < 1.29 is 31.4 Å². The van der Waals surface area contributed by atoms with E-state index in [0.717, 1.165) is 0 Å². The number of halogens is 5. The van der Waals surface area contributed by atoms with Crippen molar-refractivity contribution in [3.8, 4) is 0 Å². The van der Waals surface area contributed by atoms with E-state index in [2.05, 4.69) is 9.47 Å². The number of epoxide rings is 1. The molecule has 0 saturated carbocycles. The molecule has 78 valence electrons. The topological polar surface area (TPSA) is 21.8 Å². The predicted octanol–water partition coefficient (Wildman–Crippen LogP) is 1.60. The predicted molar refractivity (Wildman–Crippen MR) is 31.6 cm³/mol. The molecule has 0 aromatic rings. The second-order valence-electron chi connectivity index (χ2n) is 2.62. The summed E-state index contributed by atoms with van der Waals surface area (Å²) in [6.07, 6.45) is -5.34. The third kappa shape index (κ3) is 2.50. The first-order valence-electron chi connectivity index (χ1n) is 3.46. The molecule has 7 heteroatoms. The summed E-state index contributed by atoms with van der Waals surface area (Å²) in [6, 6.07) is 0. The first-order chi connectivity index (χ1) is 5.89. The summed E-state index contributed by atoms with van der Waals surface area (Å²) in [5, 5.41) is 0. The van der Waals surface area contributed by atoms with Gasteiger partial charge in [0.05, 0.1) is 13.2 Å². The first kappa shape index (κ1) is 10.6. The molecule has 2 nitrogen and oxygen atoms in total. The van der Waals surface area contributed by atoms with Gasteiger partial charge in [-0.15, -0.1) is 0 Å². The molecule has 1 saturated heterocycles. The van der Waals surface area contributed by atoms with E-state index in [1.807, 2.05) is 0 Å². The van der Waals surface area contributed by atoms with Crippen molar-refractivity contribution in [3.63, 3.8) is 0 Å². The molecule has 0 N–H and O–H groups in total. The molecule has 0 bridgehead atoms. The van der Waals surface area contributed by atoms with Gasteiger partial charge < -0.3 is 9.47 Å². The van der Waals surface area contributed by atoms with Crippen LogP contribution < -0.4 is 0 Å². The lowest BCUT2D eigenvalue weighted by Crippen LogP contribution is -2.45. The van der Waals surface area contributed by atoms with E-state index in [1.54, 1.807) is 0 Å². The van der Waals surface area contributed by atoms with Gasteiger partial charge in [-0.1, -0.05) is 0 Å². The Morgan fingerprint density at radius 1 is 1.31 bits per heavy atom. The van der Waals surface area contributed by atoms with Crippen LogP contribution in [0.4, 0.5) is 22.0 Å². The lowest BCUT2D eigenvalue weighted by Gasteiger charge is -2.23. The third-order valence-electron chi connectivity index (χ3n) is 1.45. The van der Waals surface area contributed by atoms with E-state index in [4.69, 9.17) is 0 Å². The van der Waals surface area contributed by atoms with Crippen LogP contribution in [0.5, 0.6) is 0 Å². The summed E-state index contributed by atoms with van der Waals surface area (Å²) < 4.78 is 68.3. The zero-order chi connectivity index (χ0) is 10.1. The molecular weight excluding hydrogens is 199 g/mol. The highest BCUT2D eigenvalue weighted by Gasteiger charge is 2.58. The highest BCUT2D eigenvalue weighted by atomic mass is 19.3. The van der Waals surface area contributed by atoms with Crippen LogP contribution in [0.1, 0.15) is 0 Å². The monoisotopic (exact) mass is 206 g/mol. The average Bonchev–Trinajstić information content (AvgIpc) is 2.83. The zero-order valence-electron chi connectivity index (χ0n) is 6.40. The molecule has 1 unspecified atom stereocenters. The summed E-state index contributed by atoms with van der Waals surface area (Å²) in [6.45, 7) is -2.90. The van der Waals surface area contributed by atoms with Crippen molar-refractivity contribution in [3.05, 3.63) is 0 Å². The molecule has 0 aromatic carbocycles. The molecule has 0 aromatic heterocycles. The van der Waals surface area contributed by atoms with Crippen molar-refractivity contribution in [2.45, 2.75) is 18.1 Å². The Morgan fingerprint density at radius 2 is 1.85 bits per heavy atom. The molecule has 0 spiro atoms. The van der Waals surface area contributed by atoms with Crippen molar-refractivity contribution in [1.82, 2.24) is 0 Å². The SMILES string of the molecule is FCC(F)(F)C(F)(F)OCC1CO1.